The number of hydrogen-bond donors (Lipinski definition) is 0. The molecule has 0 atom stereocenters. The summed E-state index contributed by atoms with van der Waals surface area (Å²) in [4.78, 5) is 0. The molecule has 4 heteroatoms. The number of rotatable bonds is 8. The smallest absolute Gasteiger partial charge is 0.387 e. The lowest BCUT2D eigenvalue weighted by Gasteiger charge is -2.38. The topological polar surface area (TPSA) is 9.23 Å². The van der Waals surface area contributed by atoms with Crippen molar-refractivity contribution in [3.8, 4) is 5.75 Å². The molecule has 0 heterocycles. The van der Waals surface area contributed by atoms with Crippen molar-refractivity contribution in [1.29, 1.82) is 0 Å². The van der Waals surface area contributed by atoms with Crippen LogP contribution in [0, 0.1) is 23.6 Å². The molecule has 1 aromatic carbocycles. The van der Waals surface area contributed by atoms with Gasteiger partial charge in [-0.15, -0.1) is 0 Å². The van der Waals surface area contributed by atoms with E-state index in [4.69, 9.17) is 0 Å². The van der Waals surface area contributed by atoms with Crippen molar-refractivity contribution in [2.75, 3.05) is 0 Å². The molecule has 3 rings (SSSR count). The fraction of sp³-hybridized carbons (Fsp3) is 0.750. The van der Waals surface area contributed by atoms with Crippen LogP contribution >= 0.6 is 0 Å². The average molecular weight is 397 g/mol. The molecule has 28 heavy (non-hydrogen) atoms. The molecule has 158 valence electrons. The average Bonchev–Trinajstić information content (AvgIpc) is 2.70. The molecule has 0 unspecified atom stereocenters. The van der Waals surface area contributed by atoms with Gasteiger partial charge in [-0.25, -0.2) is 4.39 Å². The van der Waals surface area contributed by atoms with Gasteiger partial charge in [-0.1, -0.05) is 51.5 Å². The fourth-order valence-corrected chi connectivity index (χ4v) is 5.52. The van der Waals surface area contributed by atoms with Crippen LogP contribution in [0.25, 0.3) is 0 Å². The lowest BCUT2D eigenvalue weighted by atomic mass is 9.68. The second kappa shape index (κ2) is 10.5. The van der Waals surface area contributed by atoms with E-state index in [-0.39, 0.29) is 5.75 Å². The third kappa shape index (κ3) is 5.90. The lowest BCUT2D eigenvalue weighted by molar-refractivity contribution is -0.0522. The van der Waals surface area contributed by atoms with Gasteiger partial charge in [0.05, 0.1) is 0 Å². The number of benzene rings is 1. The highest BCUT2D eigenvalue weighted by Gasteiger charge is 2.31. The third-order valence-corrected chi connectivity index (χ3v) is 7.19. The first-order valence-electron chi connectivity index (χ1n) is 11.3. The summed E-state index contributed by atoms with van der Waals surface area (Å²) in [5.74, 6) is 1.96. The molecular weight excluding hydrogens is 361 g/mol. The van der Waals surface area contributed by atoms with Crippen LogP contribution in [-0.4, -0.2) is 6.61 Å². The van der Waals surface area contributed by atoms with E-state index in [0.29, 0.717) is 5.92 Å². The molecule has 1 nitrogen and oxygen atoms in total. The molecule has 2 aliphatic rings. The Labute approximate surface area is 168 Å². The van der Waals surface area contributed by atoms with Gasteiger partial charge in [-0.05, 0) is 79.9 Å². The van der Waals surface area contributed by atoms with Crippen molar-refractivity contribution < 1.29 is 17.9 Å². The van der Waals surface area contributed by atoms with E-state index in [1.165, 1.54) is 76.3 Å². The summed E-state index contributed by atoms with van der Waals surface area (Å²) >= 11 is 0. The van der Waals surface area contributed by atoms with Gasteiger partial charge in [-0.3, -0.25) is 0 Å². The summed E-state index contributed by atoms with van der Waals surface area (Å²) in [5.41, 5.74) is 0.928. The maximum Gasteiger partial charge on any atom is 0.387 e. The van der Waals surface area contributed by atoms with E-state index in [1.807, 2.05) is 0 Å². The minimum Gasteiger partial charge on any atom is -0.432 e. The number of hydrogen-bond acceptors (Lipinski definition) is 1. The maximum absolute atomic E-state index is 14.0. The Morgan fingerprint density at radius 3 is 2.14 bits per heavy atom. The standard InChI is InChI=1S/C24H35F3O/c1-2-3-4-5-17-6-8-18(9-7-17)19-10-12-20(13-11-19)21-14-15-23(22(25)16-21)28-24(26)27/h14-20,24H,2-13H2,1H3/t17-,18-,19?,20?. The summed E-state index contributed by atoms with van der Waals surface area (Å²) in [6, 6.07) is 4.50. The van der Waals surface area contributed by atoms with Crippen LogP contribution in [0.1, 0.15) is 95.5 Å². The SMILES string of the molecule is CCCCC[C@H]1CC[C@H](C2CCC(c3ccc(OC(F)F)c(F)c3)CC2)CC1. The van der Waals surface area contributed by atoms with Gasteiger partial charge < -0.3 is 4.74 Å². The summed E-state index contributed by atoms with van der Waals surface area (Å²) in [6.45, 7) is -0.717. The highest BCUT2D eigenvalue weighted by Crippen LogP contribution is 2.44. The molecule has 0 amide bonds. The van der Waals surface area contributed by atoms with Crippen LogP contribution < -0.4 is 4.74 Å². The van der Waals surface area contributed by atoms with Crippen molar-refractivity contribution in [2.45, 2.75) is 96.5 Å². The lowest BCUT2D eigenvalue weighted by Crippen LogP contribution is -2.25. The van der Waals surface area contributed by atoms with E-state index < -0.39 is 12.4 Å². The van der Waals surface area contributed by atoms with Crippen LogP contribution in [0.2, 0.25) is 0 Å². The third-order valence-electron chi connectivity index (χ3n) is 7.19. The Hall–Kier alpha value is -1.19. The molecule has 1 aromatic rings. The van der Waals surface area contributed by atoms with Gasteiger partial charge in [0.25, 0.3) is 0 Å². The zero-order chi connectivity index (χ0) is 19.9. The molecule has 0 aromatic heterocycles. The molecule has 0 bridgehead atoms. The van der Waals surface area contributed by atoms with Crippen LogP contribution in [0.3, 0.4) is 0 Å². The van der Waals surface area contributed by atoms with Crippen LogP contribution in [0.15, 0.2) is 18.2 Å². The molecule has 0 radical (unpaired) electrons. The van der Waals surface area contributed by atoms with Crippen LogP contribution in [-0.2, 0) is 0 Å². The minimum absolute atomic E-state index is 0.344. The number of ether oxygens (including phenoxy) is 1. The summed E-state index contributed by atoms with van der Waals surface area (Å²) in [6.07, 6.45) is 15.7. The molecule has 2 fully saturated rings. The van der Waals surface area contributed by atoms with Crippen molar-refractivity contribution in [1.82, 2.24) is 0 Å². The molecular formula is C24H35F3O. The number of halogens is 3. The van der Waals surface area contributed by atoms with Gasteiger partial charge >= 0.3 is 6.61 Å². The summed E-state index contributed by atoms with van der Waals surface area (Å²) in [7, 11) is 0. The summed E-state index contributed by atoms with van der Waals surface area (Å²) in [5, 5.41) is 0. The number of unbranched alkanes of at least 4 members (excludes halogenated alkanes) is 2. The zero-order valence-corrected chi connectivity index (χ0v) is 17.1. The van der Waals surface area contributed by atoms with Crippen molar-refractivity contribution in [2.24, 2.45) is 17.8 Å². The first-order valence-corrected chi connectivity index (χ1v) is 11.3. The molecule has 0 spiro atoms. The molecule has 0 aliphatic heterocycles. The Bertz CT molecular complexity index is 588. The van der Waals surface area contributed by atoms with E-state index in [1.54, 1.807) is 6.07 Å². The van der Waals surface area contributed by atoms with Crippen LogP contribution in [0.4, 0.5) is 13.2 Å². The van der Waals surface area contributed by atoms with Gasteiger partial charge in [0.1, 0.15) is 0 Å². The second-order valence-corrected chi connectivity index (χ2v) is 8.96. The van der Waals surface area contributed by atoms with E-state index >= 15 is 0 Å². The molecule has 2 saturated carbocycles. The number of alkyl halides is 2. The Balaban J connectivity index is 1.44. The molecule has 2 aliphatic carbocycles. The van der Waals surface area contributed by atoms with Crippen molar-refractivity contribution in [3.05, 3.63) is 29.6 Å². The first kappa shape index (κ1) is 21.5. The zero-order valence-electron chi connectivity index (χ0n) is 17.1. The van der Waals surface area contributed by atoms with Gasteiger partial charge in [0, 0.05) is 0 Å². The molecule has 0 N–H and O–H groups in total. The molecule has 0 saturated heterocycles. The van der Waals surface area contributed by atoms with Crippen molar-refractivity contribution >= 4 is 0 Å². The highest BCUT2D eigenvalue weighted by atomic mass is 19.3. The van der Waals surface area contributed by atoms with E-state index in [2.05, 4.69) is 11.7 Å². The van der Waals surface area contributed by atoms with Gasteiger partial charge in [0.2, 0.25) is 0 Å². The first-order chi connectivity index (χ1) is 13.6. The Morgan fingerprint density at radius 2 is 1.57 bits per heavy atom. The van der Waals surface area contributed by atoms with E-state index in [9.17, 15) is 13.2 Å². The quantitative estimate of drug-likeness (QED) is 0.403. The Morgan fingerprint density at radius 1 is 0.929 bits per heavy atom. The van der Waals surface area contributed by atoms with Gasteiger partial charge in [0.15, 0.2) is 11.6 Å². The maximum atomic E-state index is 14.0. The van der Waals surface area contributed by atoms with Crippen molar-refractivity contribution in [3.63, 3.8) is 0 Å². The minimum atomic E-state index is -2.99. The van der Waals surface area contributed by atoms with Gasteiger partial charge in [-0.2, -0.15) is 8.78 Å². The van der Waals surface area contributed by atoms with E-state index in [0.717, 1.165) is 36.2 Å². The monoisotopic (exact) mass is 396 g/mol. The van der Waals surface area contributed by atoms with Crippen LogP contribution in [0.5, 0.6) is 5.75 Å². The predicted octanol–water partition coefficient (Wildman–Crippen LogP) is 8.09. The Kier molecular flexibility index (Phi) is 8.11. The normalized spacial score (nSPS) is 28.5. The summed E-state index contributed by atoms with van der Waals surface area (Å²) < 4.78 is 42.8. The largest absolute Gasteiger partial charge is 0.432 e. The highest BCUT2D eigenvalue weighted by molar-refractivity contribution is 5.31. The predicted molar refractivity (Wildman–Crippen MR) is 107 cm³/mol. The second-order valence-electron chi connectivity index (χ2n) is 8.96. The fourth-order valence-electron chi connectivity index (χ4n) is 5.52.